The molecule has 0 aliphatic rings. The third kappa shape index (κ3) is 4.48. The first-order valence-electron chi connectivity index (χ1n) is 7.05. The van der Waals surface area contributed by atoms with E-state index in [1.807, 2.05) is 30.3 Å². The quantitative estimate of drug-likeness (QED) is 0.820. The van der Waals surface area contributed by atoms with Crippen molar-refractivity contribution >= 4 is 0 Å². The lowest BCUT2D eigenvalue weighted by Gasteiger charge is -2.22. The third-order valence-corrected chi connectivity index (χ3v) is 3.34. The molecule has 0 spiro atoms. The van der Waals surface area contributed by atoms with E-state index in [1.165, 1.54) is 5.56 Å². The van der Waals surface area contributed by atoms with E-state index in [-0.39, 0.29) is 5.75 Å². The monoisotopic (exact) mass is 286 g/mol. The van der Waals surface area contributed by atoms with Crippen LogP contribution in [0.15, 0.2) is 48.5 Å². The molecule has 0 saturated carbocycles. The lowest BCUT2D eigenvalue weighted by atomic mass is 10.1. The van der Waals surface area contributed by atoms with Crippen molar-refractivity contribution < 1.29 is 9.84 Å². The SMILES string of the molecule is COc1cc(CN(CCN)Cc2ccccc2)ccc1O. The topological polar surface area (TPSA) is 58.7 Å². The molecule has 3 N–H and O–H groups in total. The van der Waals surface area contributed by atoms with Crippen LogP contribution in [0.4, 0.5) is 0 Å². The molecular weight excluding hydrogens is 264 g/mol. The molecule has 2 aromatic carbocycles. The van der Waals surface area contributed by atoms with Gasteiger partial charge in [0.2, 0.25) is 0 Å². The van der Waals surface area contributed by atoms with Crippen LogP contribution in [0.25, 0.3) is 0 Å². The van der Waals surface area contributed by atoms with Gasteiger partial charge in [-0.1, -0.05) is 36.4 Å². The number of phenolic OH excluding ortho intramolecular Hbond substituents is 1. The summed E-state index contributed by atoms with van der Waals surface area (Å²) in [7, 11) is 1.56. The minimum atomic E-state index is 0.162. The maximum Gasteiger partial charge on any atom is 0.160 e. The Morgan fingerprint density at radius 2 is 1.76 bits per heavy atom. The zero-order chi connectivity index (χ0) is 15.1. The number of aromatic hydroxyl groups is 1. The van der Waals surface area contributed by atoms with E-state index in [0.29, 0.717) is 12.3 Å². The molecular formula is C17H22N2O2. The molecule has 21 heavy (non-hydrogen) atoms. The van der Waals surface area contributed by atoms with Crippen molar-refractivity contribution in [1.82, 2.24) is 4.90 Å². The van der Waals surface area contributed by atoms with Crippen LogP contribution < -0.4 is 10.5 Å². The summed E-state index contributed by atoms with van der Waals surface area (Å²) in [5, 5.41) is 9.65. The Balaban J connectivity index is 2.09. The molecule has 0 saturated heterocycles. The molecule has 112 valence electrons. The van der Waals surface area contributed by atoms with Crippen LogP contribution in [-0.2, 0) is 13.1 Å². The van der Waals surface area contributed by atoms with Gasteiger partial charge in [-0.05, 0) is 23.3 Å². The smallest absolute Gasteiger partial charge is 0.160 e. The van der Waals surface area contributed by atoms with E-state index >= 15 is 0 Å². The van der Waals surface area contributed by atoms with Gasteiger partial charge in [0.25, 0.3) is 0 Å². The van der Waals surface area contributed by atoms with Crippen LogP contribution in [0.2, 0.25) is 0 Å². The molecule has 4 heteroatoms. The van der Waals surface area contributed by atoms with Crippen molar-refractivity contribution in [2.45, 2.75) is 13.1 Å². The zero-order valence-electron chi connectivity index (χ0n) is 12.3. The largest absolute Gasteiger partial charge is 0.504 e. The fourth-order valence-corrected chi connectivity index (χ4v) is 2.32. The normalized spacial score (nSPS) is 10.8. The van der Waals surface area contributed by atoms with E-state index in [2.05, 4.69) is 17.0 Å². The van der Waals surface area contributed by atoms with Gasteiger partial charge in [-0.3, -0.25) is 4.90 Å². The Morgan fingerprint density at radius 3 is 2.43 bits per heavy atom. The first kappa shape index (κ1) is 15.4. The van der Waals surface area contributed by atoms with Crippen LogP contribution >= 0.6 is 0 Å². The summed E-state index contributed by atoms with van der Waals surface area (Å²) in [4.78, 5) is 2.28. The maximum absolute atomic E-state index is 9.65. The van der Waals surface area contributed by atoms with Gasteiger partial charge in [0, 0.05) is 26.2 Å². The molecule has 4 nitrogen and oxygen atoms in total. The highest BCUT2D eigenvalue weighted by atomic mass is 16.5. The maximum atomic E-state index is 9.65. The van der Waals surface area contributed by atoms with E-state index in [4.69, 9.17) is 10.5 Å². The fourth-order valence-electron chi connectivity index (χ4n) is 2.32. The number of methoxy groups -OCH3 is 1. The van der Waals surface area contributed by atoms with Gasteiger partial charge in [0.1, 0.15) is 0 Å². The van der Waals surface area contributed by atoms with Gasteiger partial charge < -0.3 is 15.6 Å². The average molecular weight is 286 g/mol. The molecule has 0 atom stereocenters. The van der Waals surface area contributed by atoms with Gasteiger partial charge in [-0.15, -0.1) is 0 Å². The number of hydrogen-bond acceptors (Lipinski definition) is 4. The first-order chi connectivity index (χ1) is 10.2. The Morgan fingerprint density at radius 1 is 1.05 bits per heavy atom. The standard InChI is InChI=1S/C17H22N2O2/c1-21-17-11-15(7-8-16(17)20)13-19(10-9-18)12-14-5-3-2-4-6-14/h2-8,11,20H,9-10,12-13,18H2,1H3. The molecule has 0 bridgehead atoms. The van der Waals surface area contributed by atoms with Crippen molar-refractivity contribution in [3.05, 3.63) is 59.7 Å². The lowest BCUT2D eigenvalue weighted by molar-refractivity contribution is 0.263. The van der Waals surface area contributed by atoms with Gasteiger partial charge in [-0.25, -0.2) is 0 Å². The number of ether oxygens (including phenoxy) is 1. The molecule has 2 rings (SSSR count). The van der Waals surface area contributed by atoms with Crippen molar-refractivity contribution in [2.24, 2.45) is 5.73 Å². The second-order valence-corrected chi connectivity index (χ2v) is 4.99. The van der Waals surface area contributed by atoms with Gasteiger partial charge in [0.15, 0.2) is 11.5 Å². The minimum absolute atomic E-state index is 0.162. The first-order valence-corrected chi connectivity index (χ1v) is 7.05. The highest BCUT2D eigenvalue weighted by Crippen LogP contribution is 2.26. The lowest BCUT2D eigenvalue weighted by Crippen LogP contribution is -2.28. The summed E-state index contributed by atoms with van der Waals surface area (Å²) < 4.78 is 5.15. The summed E-state index contributed by atoms with van der Waals surface area (Å²) in [6.45, 7) is 3.05. The summed E-state index contributed by atoms with van der Waals surface area (Å²) in [6, 6.07) is 15.8. The third-order valence-electron chi connectivity index (χ3n) is 3.34. The number of benzene rings is 2. The minimum Gasteiger partial charge on any atom is -0.504 e. The molecule has 0 aliphatic carbocycles. The predicted molar refractivity (Wildman–Crippen MR) is 84.3 cm³/mol. The van der Waals surface area contributed by atoms with Crippen LogP contribution in [0, 0.1) is 0 Å². The van der Waals surface area contributed by atoms with Crippen LogP contribution in [-0.4, -0.2) is 30.2 Å². The molecule has 2 aromatic rings. The molecule has 0 radical (unpaired) electrons. The highest BCUT2D eigenvalue weighted by Gasteiger charge is 2.09. The Hall–Kier alpha value is -2.04. The second-order valence-electron chi connectivity index (χ2n) is 4.99. The predicted octanol–water partition coefficient (Wildman–Crippen LogP) is 2.36. The van der Waals surface area contributed by atoms with E-state index < -0.39 is 0 Å². The van der Waals surface area contributed by atoms with Gasteiger partial charge in [-0.2, -0.15) is 0 Å². The van der Waals surface area contributed by atoms with Crippen LogP contribution in [0.5, 0.6) is 11.5 Å². The van der Waals surface area contributed by atoms with Gasteiger partial charge >= 0.3 is 0 Å². The number of phenols is 1. The second kappa shape index (κ2) is 7.67. The Labute approximate surface area is 125 Å². The fraction of sp³-hybridized carbons (Fsp3) is 0.294. The van der Waals surface area contributed by atoms with Crippen molar-refractivity contribution in [1.29, 1.82) is 0 Å². The number of hydrogen-bond donors (Lipinski definition) is 2. The van der Waals surface area contributed by atoms with Crippen LogP contribution in [0.1, 0.15) is 11.1 Å². The molecule has 0 aromatic heterocycles. The summed E-state index contributed by atoms with van der Waals surface area (Å²) in [6.07, 6.45) is 0. The van der Waals surface area contributed by atoms with E-state index in [0.717, 1.165) is 25.2 Å². The molecule has 0 unspecified atom stereocenters. The molecule has 0 amide bonds. The van der Waals surface area contributed by atoms with E-state index in [1.54, 1.807) is 13.2 Å². The van der Waals surface area contributed by atoms with E-state index in [9.17, 15) is 5.11 Å². The highest BCUT2D eigenvalue weighted by molar-refractivity contribution is 5.41. The molecule has 0 aliphatic heterocycles. The molecule has 0 fully saturated rings. The number of nitrogens with zero attached hydrogens (tertiary/aromatic N) is 1. The van der Waals surface area contributed by atoms with Crippen molar-refractivity contribution in [3.8, 4) is 11.5 Å². The van der Waals surface area contributed by atoms with Crippen LogP contribution in [0.3, 0.4) is 0 Å². The Bertz CT molecular complexity index is 558. The zero-order valence-corrected chi connectivity index (χ0v) is 12.3. The number of rotatable bonds is 7. The Kier molecular flexibility index (Phi) is 5.60. The van der Waals surface area contributed by atoms with Gasteiger partial charge in [0.05, 0.1) is 7.11 Å². The summed E-state index contributed by atoms with van der Waals surface area (Å²) >= 11 is 0. The van der Waals surface area contributed by atoms with Crippen molar-refractivity contribution in [2.75, 3.05) is 20.2 Å². The van der Waals surface area contributed by atoms with Crippen molar-refractivity contribution in [3.63, 3.8) is 0 Å². The summed E-state index contributed by atoms with van der Waals surface area (Å²) in [5.41, 5.74) is 8.06. The average Bonchev–Trinajstić information content (AvgIpc) is 2.50. The molecule has 0 heterocycles. The number of nitrogens with two attached hydrogens (primary N) is 1. The summed E-state index contributed by atoms with van der Waals surface area (Å²) in [5.74, 6) is 0.662.